The Balaban J connectivity index is 1.94. The Kier molecular flexibility index (Phi) is 3.61. The maximum Gasteiger partial charge on any atom is 0.418 e. The van der Waals surface area contributed by atoms with Crippen LogP contribution in [0, 0.1) is 0 Å². The molecule has 1 N–H and O–H groups in total. The van der Waals surface area contributed by atoms with Gasteiger partial charge in [-0.1, -0.05) is 12.1 Å². The molecule has 0 spiro atoms. The van der Waals surface area contributed by atoms with Gasteiger partial charge in [0.2, 0.25) is 0 Å². The van der Waals surface area contributed by atoms with Gasteiger partial charge < -0.3 is 5.32 Å². The van der Waals surface area contributed by atoms with Gasteiger partial charge in [0.25, 0.3) is 0 Å². The molecule has 3 rings (SSSR count). The first kappa shape index (κ1) is 14.3. The number of nitrogens with zero attached hydrogens (tertiary/aromatic N) is 2. The fourth-order valence-electron chi connectivity index (χ4n) is 2.00. The monoisotopic (exact) mass is 357 g/mol. The fraction of sp³-hybridized carbons (Fsp3) is 0.286. The first-order chi connectivity index (χ1) is 9.93. The molecule has 1 aliphatic carbocycles. The van der Waals surface area contributed by atoms with Crippen LogP contribution >= 0.6 is 15.9 Å². The second-order valence-electron chi connectivity index (χ2n) is 4.88. The van der Waals surface area contributed by atoms with E-state index < -0.39 is 11.7 Å². The first-order valence-corrected chi connectivity index (χ1v) is 7.20. The molecule has 0 saturated heterocycles. The topological polar surface area (TPSA) is 37.8 Å². The Hall–Kier alpha value is -1.63. The molecule has 1 heterocycles. The van der Waals surface area contributed by atoms with Crippen LogP contribution in [0.25, 0.3) is 0 Å². The van der Waals surface area contributed by atoms with Crippen molar-refractivity contribution in [3.8, 4) is 0 Å². The lowest BCUT2D eigenvalue weighted by molar-refractivity contribution is -0.136. The average molecular weight is 358 g/mol. The summed E-state index contributed by atoms with van der Waals surface area (Å²) in [6.45, 7) is 0. The van der Waals surface area contributed by atoms with Crippen LogP contribution in [0.1, 0.15) is 30.1 Å². The number of aromatic nitrogens is 2. The third-order valence-corrected chi connectivity index (χ3v) is 3.56. The Labute approximate surface area is 127 Å². The molecule has 1 aromatic heterocycles. The van der Waals surface area contributed by atoms with Gasteiger partial charge in [-0.25, -0.2) is 9.97 Å². The van der Waals surface area contributed by atoms with Gasteiger partial charge in [0.05, 0.1) is 11.3 Å². The van der Waals surface area contributed by atoms with E-state index in [1.54, 1.807) is 12.1 Å². The van der Waals surface area contributed by atoms with Crippen molar-refractivity contribution in [3.63, 3.8) is 0 Å². The van der Waals surface area contributed by atoms with Crippen molar-refractivity contribution in [2.45, 2.75) is 24.9 Å². The number of benzene rings is 1. The summed E-state index contributed by atoms with van der Waals surface area (Å²) in [6.07, 6.45) is -2.36. The number of para-hydroxylation sites is 1. The SMILES string of the molecule is FC(F)(F)c1ccccc1Nc1cc(Br)nc(C2CC2)n1. The van der Waals surface area contributed by atoms with Crippen molar-refractivity contribution in [1.29, 1.82) is 0 Å². The fourth-order valence-corrected chi connectivity index (χ4v) is 2.40. The van der Waals surface area contributed by atoms with Gasteiger partial charge >= 0.3 is 6.18 Å². The minimum atomic E-state index is -4.41. The highest BCUT2D eigenvalue weighted by molar-refractivity contribution is 9.10. The molecule has 1 aliphatic rings. The number of anilines is 2. The normalized spacial score (nSPS) is 15.0. The van der Waals surface area contributed by atoms with Gasteiger partial charge in [-0.3, -0.25) is 0 Å². The maximum atomic E-state index is 13.0. The second-order valence-corrected chi connectivity index (χ2v) is 5.69. The molecule has 0 unspecified atom stereocenters. The lowest BCUT2D eigenvalue weighted by Gasteiger charge is -2.14. The quantitative estimate of drug-likeness (QED) is 0.795. The van der Waals surface area contributed by atoms with Crippen LogP contribution in [0.15, 0.2) is 34.9 Å². The van der Waals surface area contributed by atoms with Crippen molar-refractivity contribution in [2.24, 2.45) is 0 Å². The van der Waals surface area contributed by atoms with E-state index in [-0.39, 0.29) is 5.69 Å². The van der Waals surface area contributed by atoms with Gasteiger partial charge in [-0.15, -0.1) is 0 Å². The molecule has 0 aliphatic heterocycles. The molecule has 21 heavy (non-hydrogen) atoms. The summed E-state index contributed by atoms with van der Waals surface area (Å²) >= 11 is 3.27. The van der Waals surface area contributed by atoms with Crippen LogP contribution in [0.3, 0.4) is 0 Å². The molecule has 0 radical (unpaired) electrons. The van der Waals surface area contributed by atoms with E-state index in [2.05, 4.69) is 31.2 Å². The minimum Gasteiger partial charge on any atom is -0.340 e. The molecule has 1 fully saturated rings. The molecule has 0 atom stereocenters. The Morgan fingerprint density at radius 3 is 2.52 bits per heavy atom. The molecule has 1 saturated carbocycles. The molecular weight excluding hydrogens is 347 g/mol. The number of halogens is 4. The Morgan fingerprint density at radius 1 is 1.14 bits per heavy atom. The number of hydrogen-bond acceptors (Lipinski definition) is 3. The highest BCUT2D eigenvalue weighted by atomic mass is 79.9. The van der Waals surface area contributed by atoms with E-state index in [0.29, 0.717) is 22.2 Å². The molecule has 110 valence electrons. The van der Waals surface area contributed by atoms with E-state index >= 15 is 0 Å². The maximum absolute atomic E-state index is 13.0. The summed E-state index contributed by atoms with van der Waals surface area (Å²) < 4.78 is 39.5. The van der Waals surface area contributed by atoms with Crippen LogP contribution in [-0.4, -0.2) is 9.97 Å². The predicted molar refractivity (Wildman–Crippen MR) is 76.4 cm³/mol. The van der Waals surface area contributed by atoms with E-state index in [4.69, 9.17) is 0 Å². The lowest BCUT2D eigenvalue weighted by Crippen LogP contribution is -2.09. The standard InChI is InChI=1S/C14H11BrF3N3/c15-11-7-12(21-13(20-11)8-5-6-8)19-10-4-2-1-3-9(10)14(16,17)18/h1-4,7-8H,5-6H2,(H,19,20,21). The van der Waals surface area contributed by atoms with Crippen LogP contribution in [0.2, 0.25) is 0 Å². The largest absolute Gasteiger partial charge is 0.418 e. The van der Waals surface area contributed by atoms with Gasteiger partial charge in [-0.2, -0.15) is 13.2 Å². The van der Waals surface area contributed by atoms with Gasteiger partial charge in [0, 0.05) is 12.0 Å². The summed E-state index contributed by atoms with van der Waals surface area (Å²) in [7, 11) is 0. The van der Waals surface area contributed by atoms with E-state index in [9.17, 15) is 13.2 Å². The molecule has 2 aromatic rings. The molecule has 7 heteroatoms. The van der Waals surface area contributed by atoms with Crippen molar-refractivity contribution in [3.05, 3.63) is 46.3 Å². The third-order valence-electron chi connectivity index (χ3n) is 3.15. The highest BCUT2D eigenvalue weighted by Crippen LogP contribution is 2.40. The Morgan fingerprint density at radius 2 is 1.86 bits per heavy atom. The number of rotatable bonds is 3. The number of nitrogens with one attached hydrogen (secondary N) is 1. The molecule has 0 bridgehead atoms. The van der Waals surface area contributed by atoms with E-state index in [1.807, 2.05) is 0 Å². The minimum absolute atomic E-state index is 0.0163. The van der Waals surface area contributed by atoms with Crippen LogP contribution < -0.4 is 5.32 Å². The predicted octanol–water partition coefficient (Wildman–Crippen LogP) is 4.88. The van der Waals surface area contributed by atoms with Crippen molar-refractivity contribution < 1.29 is 13.2 Å². The van der Waals surface area contributed by atoms with E-state index in [0.717, 1.165) is 18.9 Å². The van der Waals surface area contributed by atoms with Gasteiger partial charge in [-0.05, 0) is 40.9 Å². The zero-order valence-electron chi connectivity index (χ0n) is 10.8. The zero-order valence-corrected chi connectivity index (χ0v) is 12.4. The summed E-state index contributed by atoms with van der Waals surface area (Å²) in [5, 5.41) is 2.74. The van der Waals surface area contributed by atoms with Crippen LogP contribution in [0.4, 0.5) is 24.7 Å². The summed E-state index contributed by atoms with van der Waals surface area (Å²) in [4.78, 5) is 8.55. The third kappa shape index (κ3) is 3.34. The average Bonchev–Trinajstić information content (AvgIpc) is 3.21. The Bertz CT molecular complexity index is 669. The van der Waals surface area contributed by atoms with Crippen molar-refractivity contribution >= 4 is 27.4 Å². The molecule has 3 nitrogen and oxygen atoms in total. The summed E-state index contributed by atoms with van der Waals surface area (Å²) in [5.74, 6) is 1.34. The highest BCUT2D eigenvalue weighted by Gasteiger charge is 2.33. The van der Waals surface area contributed by atoms with Crippen LogP contribution in [-0.2, 0) is 6.18 Å². The van der Waals surface area contributed by atoms with Gasteiger partial charge in [0.1, 0.15) is 16.2 Å². The summed E-state index contributed by atoms with van der Waals surface area (Å²) in [5.41, 5.74) is -0.731. The van der Waals surface area contributed by atoms with Gasteiger partial charge in [0.15, 0.2) is 0 Å². The van der Waals surface area contributed by atoms with Crippen LogP contribution in [0.5, 0.6) is 0 Å². The van der Waals surface area contributed by atoms with Crippen molar-refractivity contribution in [2.75, 3.05) is 5.32 Å². The summed E-state index contributed by atoms with van der Waals surface area (Å²) in [6, 6.07) is 6.91. The smallest absolute Gasteiger partial charge is 0.340 e. The first-order valence-electron chi connectivity index (χ1n) is 6.41. The molecule has 1 aromatic carbocycles. The molecular formula is C14H11BrF3N3. The van der Waals surface area contributed by atoms with E-state index in [1.165, 1.54) is 12.1 Å². The molecule has 0 amide bonds. The number of alkyl halides is 3. The van der Waals surface area contributed by atoms with Crippen molar-refractivity contribution in [1.82, 2.24) is 9.97 Å². The zero-order chi connectivity index (χ0) is 15.0. The number of hydrogen-bond donors (Lipinski definition) is 1. The second kappa shape index (κ2) is 5.29. The lowest BCUT2D eigenvalue weighted by atomic mass is 10.1.